The molecule has 1 heterocycles. The zero-order valence-electron chi connectivity index (χ0n) is 12.8. The first-order chi connectivity index (χ1) is 11.3. The average Bonchev–Trinajstić information content (AvgIpc) is 2.89. The summed E-state index contributed by atoms with van der Waals surface area (Å²) in [6.07, 6.45) is 4.49. The van der Waals surface area contributed by atoms with Gasteiger partial charge < -0.3 is 4.74 Å². The van der Waals surface area contributed by atoms with Gasteiger partial charge in [-0.15, -0.1) is 0 Å². The highest BCUT2D eigenvalue weighted by Crippen LogP contribution is 2.56. The van der Waals surface area contributed by atoms with Crippen LogP contribution in [0.1, 0.15) is 48.6 Å². The van der Waals surface area contributed by atoms with Gasteiger partial charge >= 0.3 is 11.9 Å². The number of cyclic esters (lactones) is 2. The first-order valence-corrected chi connectivity index (χ1v) is 8.53. The summed E-state index contributed by atoms with van der Waals surface area (Å²) >= 11 is 0. The highest BCUT2D eigenvalue weighted by Gasteiger charge is 2.55. The molecule has 0 amide bonds. The van der Waals surface area contributed by atoms with Crippen LogP contribution in [-0.2, 0) is 14.3 Å². The number of carbonyl (C=O) groups excluding carboxylic acids is 2. The van der Waals surface area contributed by atoms with Crippen molar-refractivity contribution in [3.8, 4) is 0 Å². The van der Waals surface area contributed by atoms with Gasteiger partial charge in [0.15, 0.2) is 0 Å². The van der Waals surface area contributed by atoms with Crippen molar-refractivity contribution in [2.24, 2.45) is 11.8 Å². The van der Waals surface area contributed by atoms with Gasteiger partial charge in [0.05, 0.1) is 11.8 Å². The van der Waals surface area contributed by atoms with E-state index in [1.54, 1.807) is 0 Å². The molecule has 116 valence electrons. The molecule has 1 saturated heterocycles. The molecule has 0 bridgehead atoms. The Balaban J connectivity index is 1.83. The smallest absolute Gasteiger partial charge is 0.321 e. The molecule has 5 rings (SSSR count). The maximum atomic E-state index is 12.5. The molecule has 4 atom stereocenters. The van der Waals surface area contributed by atoms with E-state index in [1.165, 1.54) is 12.0 Å². The Labute approximate surface area is 134 Å². The van der Waals surface area contributed by atoms with Crippen LogP contribution in [0.15, 0.2) is 36.4 Å². The number of fused-ring (bicyclic) bond motifs is 8. The molecule has 0 aromatic heterocycles. The molecule has 3 aliphatic rings. The molecule has 0 radical (unpaired) electrons. The molecule has 23 heavy (non-hydrogen) atoms. The van der Waals surface area contributed by atoms with Crippen molar-refractivity contribution < 1.29 is 14.3 Å². The molecule has 2 aliphatic carbocycles. The predicted molar refractivity (Wildman–Crippen MR) is 86.0 cm³/mol. The van der Waals surface area contributed by atoms with E-state index in [9.17, 15) is 9.59 Å². The van der Waals surface area contributed by atoms with Gasteiger partial charge in [-0.25, -0.2) is 0 Å². The minimum absolute atomic E-state index is 0.265. The van der Waals surface area contributed by atoms with Crippen molar-refractivity contribution in [2.45, 2.75) is 37.5 Å². The second kappa shape index (κ2) is 4.67. The van der Waals surface area contributed by atoms with E-state index < -0.39 is 5.92 Å². The Morgan fingerprint density at radius 1 is 0.913 bits per heavy atom. The molecule has 3 nitrogen and oxygen atoms in total. The minimum atomic E-state index is -0.400. The third-order valence-electron chi connectivity index (χ3n) is 6.08. The van der Waals surface area contributed by atoms with Crippen molar-refractivity contribution in [1.82, 2.24) is 0 Å². The molecule has 0 spiro atoms. The summed E-state index contributed by atoms with van der Waals surface area (Å²) in [5.41, 5.74) is 2.34. The van der Waals surface area contributed by atoms with Crippen LogP contribution in [0.2, 0.25) is 0 Å². The van der Waals surface area contributed by atoms with Crippen molar-refractivity contribution in [2.75, 3.05) is 0 Å². The second-order valence-corrected chi connectivity index (χ2v) is 7.09. The zero-order valence-corrected chi connectivity index (χ0v) is 12.8. The van der Waals surface area contributed by atoms with Gasteiger partial charge in [0, 0.05) is 0 Å². The Morgan fingerprint density at radius 2 is 1.74 bits per heavy atom. The van der Waals surface area contributed by atoms with Gasteiger partial charge in [0.1, 0.15) is 0 Å². The summed E-state index contributed by atoms with van der Waals surface area (Å²) in [6, 6.07) is 12.5. The van der Waals surface area contributed by atoms with E-state index >= 15 is 0 Å². The highest BCUT2D eigenvalue weighted by atomic mass is 16.6. The molecule has 1 aliphatic heterocycles. The molecule has 2 aromatic carbocycles. The fourth-order valence-corrected chi connectivity index (χ4v) is 5.19. The predicted octanol–water partition coefficient (Wildman–Crippen LogP) is 3.91. The third kappa shape index (κ3) is 1.71. The van der Waals surface area contributed by atoms with Gasteiger partial charge in [-0.3, -0.25) is 9.59 Å². The lowest BCUT2D eigenvalue weighted by Gasteiger charge is -2.42. The maximum absolute atomic E-state index is 12.5. The van der Waals surface area contributed by atoms with Gasteiger partial charge in [-0.1, -0.05) is 49.2 Å². The van der Waals surface area contributed by atoms with Crippen LogP contribution in [0.25, 0.3) is 10.8 Å². The fourth-order valence-electron chi connectivity index (χ4n) is 5.19. The number of benzene rings is 2. The van der Waals surface area contributed by atoms with Crippen LogP contribution in [0.4, 0.5) is 0 Å². The molecule has 0 N–H and O–H groups in total. The Bertz CT molecular complexity index is 838. The van der Waals surface area contributed by atoms with E-state index in [2.05, 4.69) is 24.3 Å². The first kappa shape index (κ1) is 13.3. The van der Waals surface area contributed by atoms with Crippen LogP contribution in [0.3, 0.4) is 0 Å². The molecule has 2 aromatic rings. The Kier molecular flexibility index (Phi) is 2.70. The lowest BCUT2D eigenvalue weighted by molar-refractivity contribution is -0.153. The van der Waals surface area contributed by atoms with Crippen LogP contribution in [0, 0.1) is 11.8 Å². The van der Waals surface area contributed by atoms with E-state index in [0.29, 0.717) is 5.92 Å². The average molecular weight is 306 g/mol. The van der Waals surface area contributed by atoms with Gasteiger partial charge in [0.2, 0.25) is 0 Å². The molecule has 0 unspecified atom stereocenters. The summed E-state index contributed by atoms with van der Waals surface area (Å²) < 4.78 is 5.09. The molecular weight excluding hydrogens is 288 g/mol. The van der Waals surface area contributed by atoms with Gasteiger partial charge in [-0.05, 0) is 46.6 Å². The van der Waals surface area contributed by atoms with Crippen molar-refractivity contribution in [1.29, 1.82) is 0 Å². The zero-order chi connectivity index (χ0) is 15.6. The quantitative estimate of drug-likeness (QED) is 0.547. The Morgan fingerprint density at radius 3 is 2.65 bits per heavy atom. The first-order valence-electron chi connectivity index (χ1n) is 8.53. The van der Waals surface area contributed by atoms with Crippen LogP contribution in [0.5, 0.6) is 0 Å². The van der Waals surface area contributed by atoms with Crippen LogP contribution in [-0.4, -0.2) is 11.9 Å². The molecule has 3 heteroatoms. The van der Waals surface area contributed by atoms with E-state index in [4.69, 9.17) is 4.74 Å². The van der Waals surface area contributed by atoms with Crippen LogP contribution < -0.4 is 0 Å². The lowest BCUT2D eigenvalue weighted by Crippen LogP contribution is -2.37. The molecular formula is C20H18O3. The largest absolute Gasteiger partial charge is 0.392 e. The lowest BCUT2D eigenvalue weighted by atomic mass is 9.59. The fraction of sp³-hybridized carbons (Fsp3) is 0.400. The topological polar surface area (TPSA) is 43.4 Å². The van der Waals surface area contributed by atoms with E-state index in [1.807, 2.05) is 12.1 Å². The van der Waals surface area contributed by atoms with Crippen molar-refractivity contribution >= 4 is 22.7 Å². The van der Waals surface area contributed by atoms with E-state index in [0.717, 1.165) is 35.6 Å². The Hall–Kier alpha value is -2.16. The third-order valence-corrected chi connectivity index (χ3v) is 6.08. The number of hydrogen-bond donors (Lipinski definition) is 0. The van der Waals surface area contributed by atoms with Crippen LogP contribution >= 0.6 is 0 Å². The minimum Gasteiger partial charge on any atom is -0.392 e. The van der Waals surface area contributed by atoms with Gasteiger partial charge in [0.25, 0.3) is 0 Å². The summed E-state index contributed by atoms with van der Waals surface area (Å²) in [4.78, 5) is 24.8. The van der Waals surface area contributed by atoms with Crippen molar-refractivity contribution in [3.05, 3.63) is 47.5 Å². The maximum Gasteiger partial charge on any atom is 0.321 e. The number of hydrogen-bond acceptors (Lipinski definition) is 3. The monoisotopic (exact) mass is 306 g/mol. The summed E-state index contributed by atoms with van der Waals surface area (Å²) in [7, 11) is 0. The SMILES string of the molecule is O=C1OC(=O)[C@H]2c3c(ccc4ccccc34)[C@H]3CCCC[C@@H]3[C@@H]12. The number of carbonyl (C=O) groups is 2. The summed E-state index contributed by atoms with van der Waals surface area (Å²) in [5.74, 6) is -0.657. The second-order valence-electron chi connectivity index (χ2n) is 7.09. The number of rotatable bonds is 0. The normalized spacial score (nSPS) is 32.2. The highest BCUT2D eigenvalue weighted by molar-refractivity contribution is 6.04. The number of ether oxygens (including phenoxy) is 1. The van der Waals surface area contributed by atoms with Crippen molar-refractivity contribution in [3.63, 3.8) is 0 Å². The number of esters is 2. The summed E-state index contributed by atoms with van der Waals surface area (Å²) in [6.45, 7) is 0. The molecule has 2 fully saturated rings. The summed E-state index contributed by atoms with van der Waals surface area (Å²) in [5, 5.41) is 2.24. The van der Waals surface area contributed by atoms with E-state index in [-0.39, 0.29) is 23.8 Å². The standard InChI is InChI=1S/C20H18O3/c21-19-17-14-8-4-3-7-13(14)15-10-9-11-5-1-2-6-12(11)16(15)18(17)20(22)23-19/h1-2,5-6,9-10,13-14,17-18H,3-4,7-8H2/t13-,14-,17+,18-/m0/s1. The molecule has 1 saturated carbocycles. The van der Waals surface area contributed by atoms with Gasteiger partial charge in [-0.2, -0.15) is 0 Å².